The van der Waals surface area contributed by atoms with Gasteiger partial charge in [0.2, 0.25) is 0 Å². The Morgan fingerprint density at radius 2 is 2.27 bits per heavy atom. The van der Waals surface area contributed by atoms with Crippen molar-refractivity contribution in [2.24, 2.45) is 5.73 Å². The minimum absolute atomic E-state index is 0.267. The third-order valence-electron chi connectivity index (χ3n) is 2.01. The number of nitrogens with two attached hydrogens (primary N) is 1. The lowest BCUT2D eigenvalue weighted by molar-refractivity contribution is 0.625. The van der Waals surface area contributed by atoms with Gasteiger partial charge in [-0.2, -0.15) is 0 Å². The highest BCUT2D eigenvalue weighted by Crippen LogP contribution is 2.09. The van der Waals surface area contributed by atoms with Crippen molar-refractivity contribution in [3.8, 4) is 11.8 Å². The van der Waals surface area contributed by atoms with Crippen molar-refractivity contribution in [2.45, 2.75) is 13.0 Å². The molecule has 0 atom stereocenters. The van der Waals surface area contributed by atoms with Crippen LogP contribution in [0.15, 0.2) is 18.2 Å². The first kappa shape index (κ1) is 11.7. The van der Waals surface area contributed by atoms with Crippen molar-refractivity contribution >= 4 is 0 Å². The molecule has 0 aromatic heterocycles. The normalized spacial score (nSPS) is 9.53. The Balaban J connectivity index is 2.78. The molecule has 0 aliphatic heterocycles. The third-order valence-corrected chi connectivity index (χ3v) is 2.01. The quantitative estimate of drug-likeness (QED) is 0.577. The molecular formula is C12H15FN2. The van der Waals surface area contributed by atoms with E-state index < -0.39 is 0 Å². The first-order valence-electron chi connectivity index (χ1n) is 4.90. The number of hydrogen-bond donors (Lipinski definition) is 2. The van der Waals surface area contributed by atoms with Crippen LogP contribution in [0.3, 0.4) is 0 Å². The molecule has 0 fully saturated rings. The Hall–Kier alpha value is -1.37. The predicted molar refractivity (Wildman–Crippen MR) is 59.7 cm³/mol. The van der Waals surface area contributed by atoms with Crippen molar-refractivity contribution in [3.05, 3.63) is 35.1 Å². The summed E-state index contributed by atoms with van der Waals surface area (Å²) in [6.45, 7) is 1.17. The zero-order chi connectivity index (χ0) is 11.1. The number of rotatable bonds is 3. The average molecular weight is 206 g/mol. The number of nitrogens with one attached hydrogen (secondary N) is 1. The smallest absolute Gasteiger partial charge is 0.123 e. The van der Waals surface area contributed by atoms with Crippen molar-refractivity contribution in [1.82, 2.24) is 5.32 Å². The van der Waals surface area contributed by atoms with E-state index in [0.717, 1.165) is 24.1 Å². The second-order valence-corrected chi connectivity index (χ2v) is 3.16. The van der Waals surface area contributed by atoms with E-state index in [1.165, 1.54) is 12.1 Å². The third kappa shape index (κ3) is 3.70. The van der Waals surface area contributed by atoms with E-state index in [1.807, 2.05) is 7.05 Å². The minimum Gasteiger partial charge on any atom is -0.326 e. The lowest BCUT2D eigenvalue weighted by Crippen LogP contribution is -2.06. The fourth-order valence-corrected chi connectivity index (χ4v) is 1.20. The molecule has 0 saturated heterocycles. The summed E-state index contributed by atoms with van der Waals surface area (Å²) in [7, 11) is 1.88. The summed E-state index contributed by atoms with van der Waals surface area (Å²) in [6, 6.07) is 4.51. The highest BCUT2D eigenvalue weighted by Gasteiger charge is 1.99. The molecule has 0 saturated carbocycles. The van der Waals surface area contributed by atoms with Crippen LogP contribution < -0.4 is 11.1 Å². The summed E-state index contributed by atoms with van der Waals surface area (Å²) in [6.07, 6.45) is 0.776. The topological polar surface area (TPSA) is 38.0 Å². The summed E-state index contributed by atoms with van der Waals surface area (Å²) >= 11 is 0. The van der Waals surface area contributed by atoms with Gasteiger partial charge >= 0.3 is 0 Å². The Labute approximate surface area is 89.7 Å². The van der Waals surface area contributed by atoms with E-state index >= 15 is 0 Å². The second kappa shape index (κ2) is 6.18. The molecule has 1 aromatic rings. The molecule has 0 aliphatic rings. The second-order valence-electron chi connectivity index (χ2n) is 3.16. The van der Waals surface area contributed by atoms with Gasteiger partial charge < -0.3 is 11.1 Å². The average Bonchev–Trinajstić information content (AvgIpc) is 2.26. The Kier molecular flexibility index (Phi) is 4.82. The van der Waals surface area contributed by atoms with E-state index in [4.69, 9.17) is 5.73 Å². The zero-order valence-electron chi connectivity index (χ0n) is 8.81. The first-order chi connectivity index (χ1) is 7.27. The fraction of sp³-hybridized carbons (Fsp3) is 0.333. The summed E-state index contributed by atoms with van der Waals surface area (Å²) < 4.78 is 12.9. The lowest BCUT2D eigenvalue weighted by Gasteiger charge is -2.00. The zero-order valence-corrected chi connectivity index (χ0v) is 8.81. The molecule has 0 bridgehead atoms. The van der Waals surface area contributed by atoms with Crippen LogP contribution in [0, 0.1) is 17.7 Å². The maximum atomic E-state index is 12.9. The number of hydrogen-bond acceptors (Lipinski definition) is 2. The first-order valence-corrected chi connectivity index (χ1v) is 4.90. The van der Waals surface area contributed by atoms with Crippen LogP contribution in [0.2, 0.25) is 0 Å². The maximum absolute atomic E-state index is 12.9. The molecule has 0 unspecified atom stereocenters. The highest BCUT2D eigenvalue weighted by atomic mass is 19.1. The molecular weight excluding hydrogens is 191 g/mol. The Bertz CT molecular complexity index is 377. The van der Waals surface area contributed by atoms with Crippen LogP contribution in [0.1, 0.15) is 17.5 Å². The molecule has 0 heterocycles. The van der Waals surface area contributed by atoms with Crippen molar-refractivity contribution in [2.75, 3.05) is 13.6 Å². The van der Waals surface area contributed by atoms with E-state index in [0.29, 0.717) is 6.54 Å². The van der Waals surface area contributed by atoms with Crippen LogP contribution >= 0.6 is 0 Å². The molecule has 0 radical (unpaired) electrons. The molecule has 0 spiro atoms. The van der Waals surface area contributed by atoms with Crippen LogP contribution in [-0.4, -0.2) is 13.6 Å². The van der Waals surface area contributed by atoms with Crippen molar-refractivity contribution in [1.29, 1.82) is 0 Å². The van der Waals surface area contributed by atoms with E-state index in [1.54, 1.807) is 6.07 Å². The van der Waals surface area contributed by atoms with Gasteiger partial charge in [-0.05, 0) is 30.8 Å². The molecule has 2 nitrogen and oxygen atoms in total. The molecule has 1 aromatic carbocycles. The number of benzene rings is 1. The van der Waals surface area contributed by atoms with Gasteiger partial charge in [-0.25, -0.2) is 4.39 Å². The van der Waals surface area contributed by atoms with Gasteiger partial charge in [0.25, 0.3) is 0 Å². The lowest BCUT2D eigenvalue weighted by atomic mass is 10.1. The van der Waals surface area contributed by atoms with Gasteiger partial charge in [0.1, 0.15) is 5.82 Å². The molecule has 0 amide bonds. The van der Waals surface area contributed by atoms with Gasteiger partial charge in [-0.3, -0.25) is 0 Å². The van der Waals surface area contributed by atoms with Gasteiger partial charge in [-0.1, -0.05) is 11.8 Å². The van der Waals surface area contributed by atoms with E-state index in [-0.39, 0.29) is 5.82 Å². The monoisotopic (exact) mass is 206 g/mol. The van der Waals surface area contributed by atoms with E-state index in [2.05, 4.69) is 17.2 Å². The van der Waals surface area contributed by atoms with Gasteiger partial charge in [0, 0.05) is 25.1 Å². The van der Waals surface area contributed by atoms with Gasteiger partial charge in [0.15, 0.2) is 0 Å². The maximum Gasteiger partial charge on any atom is 0.123 e. The summed E-state index contributed by atoms with van der Waals surface area (Å²) in [4.78, 5) is 0. The molecule has 1 rings (SSSR count). The summed E-state index contributed by atoms with van der Waals surface area (Å²) in [5.41, 5.74) is 7.07. The van der Waals surface area contributed by atoms with Gasteiger partial charge in [-0.15, -0.1) is 0 Å². The highest BCUT2D eigenvalue weighted by molar-refractivity contribution is 5.41. The van der Waals surface area contributed by atoms with Gasteiger partial charge in [0.05, 0.1) is 0 Å². The fourth-order valence-electron chi connectivity index (χ4n) is 1.20. The molecule has 3 heteroatoms. The molecule has 80 valence electrons. The summed E-state index contributed by atoms with van der Waals surface area (Å²) in [5, 5.41) is 3.00. The van der Waals surface area contributed by atoms with Crippen LogP contribution in [-0.2, 0) is 6.54 Å². The molecule has 15 heavy (non-hydrogen) atoms. The largest absolute Gasteiger partial charge is 0.326 e. The number of halogens is 1. The molecule has 0 aliphatic carbocycles. The predicted octanol–water partition coefficient (Wildman–Crippen LogP) is 1.25. The standard InChI is InChI=1S/C12H15FN2/c1-15-7-3-2-4-10-5-6-12(13)8-11(10)9-14/h5-6,8,15H,3,7,9,14H2,1H3. The van der Waals surface area contributed by atoms with Crippen LogP contribution in [0.5, 0.6) is 0 Å². The van der Waals surface area contributed by atoms with Crippen LogP contribution in [0.25, 0.3) is 0 Å². The van der Waals surface area contributed by atoms with Crippen molar-refractivity contribution < 1.29 is 4.39 Å². The van der Waals surface area contributed by atoms with E-state index in [9.17, 15) is 4.39 Å². The SMILES string of the molecule is CNCCC#Cc1ccc(F)cc1CN. The van der Waals surface area contributed by atoms with Crippen LogP contribution in [0.4, 0.5) is 4.39 Å². The Morgan fingerprint density at radius 1 is 1.47 bits per heavy atom. The Morgan fingerprint density at radius 3 is 2.93 bits per heavy atom. The summed E-state index contributed by atoms with van der Waals surface area (Å²) in [5.74, 6) is 5.73. The molecule has 3 N–H and O–H groups in total. The van der Waals surface area contributed by atoms with Crippen molar-refractivity contribution in [3.63, 3.8) is 0 Å². The minimum atomic E-state index is -0.267.